The number of ether oxygens (including phenoxy) is 1. The Bertz CT molecular complexity index is 503. The number of nitrogens with zero attached hydrogens (tertiary/aromatic N) is 2. The third-order valence-corrected chi connectivity index (χ3v) is 3.18. The van der Waals surface area contributed by atoms with Gasteiger partial charge >= 0.3 is 6.09 Å². The lowest BCUT2D eigenvalue weighted by Crippen LogP contribution is -2.43. The van der Waals surface area contributed by atoms with E-state index in [1.54, 1.807) is 11.1 Å². The highest BCUT2D eigenvalue weighted by atomic mass is 16.6. The van der Waals surface area contributed by atoms with Crippen LogP contribution in [0.3, 0.4) is 0 Å². The van der Waals surface area contributed by atoms with Crippen molar-refractivity contribution in [2.24, 2.45) is 0 Å². The van der Waals surface area contributed by atoms with Crippen LogP contribution < -0.4 is 0 Å². The number of aromatic nitrogens is 1. The first-order valence-electron chi connectivity index (χ1n) is 6.98. The molecule has 2 rings (SSSR count). The number of carbonyl (C=O) groups excluding carboxylic acids is 1. The van der Waals surface area contributed by atoms with E-state index in [-0.39, 0.29) is 12.1 Å². The van der Waals surface area contributed by atoms with Gasteiger partial charge in [-0.1, -0.05) is 12.1 Å². The van der Waals surface area contributed by atoms with Gasteiger partial charge in [0, 0.05) is 12.7 Å². The molecule has 0 N–H and O–H groups in total. The highest BCUT2D eigenvalue weighted by Gasteiger charge is 2.28. The van der Waals surface area contributed by atoms with E-state index in [0.717, 1.165) is 12.1 Å². The van der Waals surface area contributed by atoms with Gasteiger partial charge in [-0.2, -0.15) is 0 Å². The molecular formula is C16H22N2O2. The van der Waals surface area contributed by atoms with Gasteiger partial charge in [0.2, 0.25) is 0 Å². The molecule has 1 atom stereocenters. The fourth-order valence-electron chi connectivity index (χ4n) is 2.25. The van der Waals surface area contributed by atoms with Crippen molar-refractivity contribution in [3.63, 3.8) is 0 Å². The smallest absolute Gasteiger partial charge is 0.410 e. The summed E-state index contributed by atoms with van der Waals surface area (Å²) in [5.74, 6) is 0. The van der Waals surface area contributed by atoms with Gasteiger partial charge in [-0.3, -0.25) is 4.98 Å². The Morgan fingerprint density at radius 3 is 2.70 bits per heavy atom. The van der Waals surface area contributed by atoms with Crippen molar-refractivity contribution in [1.29, 1.82) is 0 Å². The summed E-state index contributed by atoms with van der Waals surface area (Å²) in [6.45, 7) is 8.32. The Balaban J connectivity index is 2.09. The van der Waals surface area contributed by atoms with Gasteiger partial charge in [-0.05, 0) is 51.8 Å². The normalized spacial score (nSPS) is 19.5. The lowest BCUT2D eigenvalue weighted by molar-refractivity contribution is 0.0209. The molecule has 0 spiro atoms. The van der Waals surface area contributed by atoms with E-state index in [1.165, 1.54) is 5.57 Å². The molecule has 4 nitrogen and oxygen atoms in total. The molecule has 108 valence electrons. The average Bonchev–Trinajstić information content (AvgIpc) is 2.37. The van der Waals surface area contributed by atoms with E-state index in [0.29, 0.717) is 6.54 Å². The molecule has 0 saturated carbocycles. The molecule has 1 amide bonds. The van der Waals surface area contributed by atoms with Crippen molar-refractivity contribution >= 4 is 11.7 Å². The summed E-state index contributed by atoms with van der Waals surface area (Å²) >= 11 is 0. The Morgan fingerprint density at radius 2 is 2.15 bits per heavy atom. The van der Waals surface area contributed by atoms with Crippen LogP contribution in [0.2, 0.25) is 0 Å². The van der Waals surface area contributed by atoms with Crippen LogP contribution in [0, 0.1) is 0 Å². The van der Waals surface area contributed by atoms with Gasteiger partial charge in [0.15, 0.2) is 0 Å². The molecule has 0 aromatic carbocycles. The predicted molar refractivity (Wildman–Crippen MR) is 79.2 cm³/mol. The average molecular weight is 274 g/mol. The summed E-state index contributed by atoms with van der Waals surface area (Å²) < 4.78 is 5.43. The quantitative estimate of drug-likeness (QED) is 0.787. The second-order valence-electron chi connectivity index (χ2n) is 6.07. The van der Waals surface area contributed by atoms with Crippen LogP contribution in [0.25, 0.3) is 5.57 Å². The summed E-state index contributed by atoms with van der Waals surface area (Å²) in [5, 5.41) is 0. The van der Waals surface area contributed by atoms with Crippen molar-refractivity contribution < 1.29 is 9.53 Å². The maximum Gasteiger partial charge on any atom is 0.410 e. The number of hydrogen-bond acceptors (Lipinski definition) is 3. The van der Waals surface area contributed by atoms with Gasteiger partial charge in [0.05, 0.1) is 11.7 Å². The number of amides is 1. The summed E-state index contributed by atoms with van der Waals surface area (Å²) in [7, 11) is 0. The lowest BCUT2D eigenvalue weighted by atomic mass is 10.0. The van der Waals surface area contributed by atoms with Crippen molar-refractivity contribution in [1.82, 2.24) is 9.88 Å². The maximum absolute atomic E-state index is 12.1. The van der Waals surface area contributed by atoms with Crippen LogP contribution in [-0.4, -0.2) is 34.2 Å². The summed E-state index contributed by atoms with van der Waals surface area (Å²) in [6.07, 6.45) is 4.44. The zero-order chi connectivity index (χ0) is 14.8. The number of hydrogen-bond donors (Lipinski definition) is 0. The first kappa shape index (κ1) is 14.6. The summed E-state index contributed by atoms with van der Waals surface area (Å²) in [6, 6.07) is 5.91. The van der Waals surface area contributed by atoms with Gasteiger partial charge in [-0.15, -0.1) is 0 Å². The lowest BCUT2D eigenvalue weighted by Gasteiger charge is -2.33. The Morgan fingerprint density at radius 1 is 1.40 bits per heavy atom. The predicted octanol–water partition coefficient (Wildman–Crippen LogP) is 3.49. The first-order valence-corrected chi connectivity index (χ1v) is 6.98. The van der Waals surface area contributed by atoms with Crippen LogP contribution >= 0.6 is 0 Å². The second kappa shape index (κ2) is 5.65. The monoisotopic (exact) mass is 274 g/mol. The molecule has 1 aromatic heterocycles. The van der Waals surface area contributed by atoms with Crippen molar-refractivity contribution in [2.75, 3.05) is 6.54 Å². The fourth-order valence-corrected chi connectivity index (χ4v) is 2.25. The van der Waals surface area contributed by atoms with E-state index < -0.39 is 5.60 Å². The third-order valence-electron chi connectivity index (χ3n) is 3.18. The van der Waals surface area contributed by atoms with Crippen molar-refractivity contribution in [3.8, 4) is 0 Å². The minimum Gasteiger partial charge on any atom is -0.444 e. The molecule has 1 unspecified atom stereocenters. The molecule has 1 aromatic rings. The van der Waals surface area contributed by atoms with Gasteiger partial charge < -0.3 is 9.64 Å². The molecular weight excluding hydrogens is 252 g/mol. The van der Waals surface area contributed by atoms with E-state index in [2.05, 4.69) is 11.1 Å². The second-order valence-corrected chi connectivity index (χ2v) is 6.07. The van der Waals surface area contributed by atoms with Crippen LogP contribution in [0.15, 0.2) is 30.5 Å². The molecule has 4 heteroatoms. The van der Waals surface area contributed by atoms with Gasteiger partial charge in [0.1, 0.15) is 5.60 Å². The fraction of sp³-hybridized carbons (Fsp3) is 0.500. The number of carbonyl (C=O) groups is 1. The largest absolute Gasteiger partial charge is 0.444 e. The maximum atomic E-state index is 12.1. The van der Waals surface area contributed by atoms with Gasteiger partial charge in [-0.25, -0.2) is 4.79 Å². The van der Waals surface area contributed by atoms with Crippen LogP contribution in [0.1, 0.15) is 39.8 Å². The molecule has 0 aliphatic carbocycles. The molecule has 1 aliphatic rings. The van der Waals surface area contributed by atoms with Gasteiger partial charge in [0.25, 0.3) is 0 Å². The molecule has 2 heterocycles. The van der Waals surface area contributed by atoms with Crippen molar-refractivity contribution in [3.05, 3.63) is 36.2 Å². The number of rotatable bonds is 1. The SMILES string of the molecule is CC1C=C(c2ccccn2)CCN1C(=O)OC(C)(C)C. The Kier molecular flexibility index (Phi) is 4.12. The molecule has 0 bridgehead atoms. The third kappa shape index (κ3) is 3.59. The van der Waals surface area contributed by atoms with Crippen LogP contribution in [0.5, 0.6) is 0 Å². The van der Waals surface area contributed by atoms with Crippen LogP contribution in [-0.2, 0) is 4.74 Å². The summed E-state index contributed by atoms with van der Waals surface area (Å²) in [5.41, 5.74) is 1.73. The molecule has 20 heavy (non-hydrogen) atoms. The van der Waals surface area contributed by atoms with E-state index in [1.807, 2.05) is 45.9 Å². The molecule has 0 fully saturated rings. The Labute approximate surface area is 120 Å². The molecule has 0 radical (unpaired) electrons. The highest BCUT2D eigenvalue weighted by Crippen LogP contribution is 2.25. The topological polar surface area (TPSA) is 42.4 Å². The molecule has 0 saturated heterocycles. The van der Waals surface area contributed by atoms with Crippen LogP contribution in [0.4, 0.5) is 4.79 Å². The standard InChI is InChI=1S/C16H22N2O2/c1-12-11-13(14-7-5-6-9-17-14)8-10-18(12)15(19)20-16(2,3)4/h5-7,9,11-12H,8,10H2,1-4H3. The zero-order valence-electron chi connectivity index (χ0n) is 12.6. The number of pyridine rings is 1. The van der Waals surface area contributed by atoms with E-state index in [4.69, 9.17) is 4.74 Å². The zero-order valence-corrected chi connectivity index (χ0v) is 12.6. The van der Waals surface area contributed by atoms with E-state index >= 15 is 0 Å². The van der Waals surface area contributed by atoms with E-state index in [9.17, 15) is 4.79 Å². The first-order chi connectivity index (χ1) is 9.37. The minimum absolute atomic E-state index is 0.0237. The van der Waals surface area contributed by atoms with Crippen molar-refractivity contribution in [2.45, 2.75) is 45.8 Å². The molecule has 1 aliphatic heterocycles. The highest BCUT2D eigenvalue weighted by molar-refractivity contribution is 5.72. The summed E-state index contributed by atoms with van der Waals surface area (Å²) in [4.78, 5) is 18.3. The Hall–Kier alpha value is -1.84. The minimum atomic E-state index is -0.457.